The van der Waals surface area contributed by atoms with Crippen LogP contribution in [0.25, 0.3) is 0 Å². The van der Waals surface area contributed by atoms with E-state index in [1.165, 1.54) is 16.2 Å². The average Bonchev–Trinajstić information content (AvgIpc) is 3.03. The number of aromatic nitrogens is 2. The standard InChI is InChI=1S/C10H14N4O2/c1-12-8-7(9(15)13(2)10(12)16)14(5-11-8)6-3-4-6/h6,11H,3-5H2,1-2H3. The van der Waals surface area contributed by atoms with E-state index in [-0.39, 0.29) is 11.2 Å². The quantitative estimate of drug-likeness (QED) is 0.691. The van der Waals surface area contributed by atoms with E-state index in [4.69, 9.17) is 0 Å². The molecule has 6 heteroatoms. The van der Waals surface area contributed by atoms with Gasteiger partial charge in [-0.25, -0.2) is 4.79 Å². The number of anilines is 2. The Labute approximate surface area is 92.1 Å². The molecule has 16 heavy (non-hydrogen) atoms. The molecule has 1 saturated carbocycles. The van der Waals surface area contributed by atoms with Gasteiger partial charge in [0.05, 0.1) is 6.67 Å². The van der Waals surface area contributed by atoms with Gasteiger partial charge in [0, 0.05) is 20.1 Å². The van der Waals surface area contributed by atoms with Crippen molar-refractivity contribution in [1.82, 2.24) is 9.13 Å². The normalized spacial score (nSPS) is 18.5. The van der Waals surface area contributed by atoms with Crippen LogP contribution in [0.4, 0.5) is 11.5 Å². The van der Waals surface area contributed by atoms with Gasteiger partial charge in [-0.05, 0) is 12.8 Å². The maximum atomic E-state index is 12.0. The summed E-state index contributed by atoms with van der Waals surface area (Å²) in [5.74, 6) is 0.653. The van der Waals surface area contributed by atoms with Crippen molar-refractivity contribution in [1.29, 1.82) is 0 Å². The monoisotopic (exact) mass is 222 g/mol. The summed E-state index contributed by atoms with van der Waals surface area (Å²) < 4.78 is 2.67. The molecule has 2 aliphatic rings. The molecule has 0 aromatic carbocycles. The summed E-state index contributed by atoms with van der Waals surface area (Å²) in [7, 11) is 3.21. The molecule has 1 fully saturated rings. The first kappa shape index (κ1) is 9.50. The van der Waals surface area contributed by atoms with Crippen LogP contribution >= 0.6 is 0 Å². The summed E-state index contributed by atoms with van der Waals surface area (Å²) >= 11 is 0. The van der Waals surface area contributed by atoms with Crippen molar-refractivity contribution in [2.45, 2.75) is 18.9 Å². The van der Waals surface area contributed by atoms with Crippen LogP contribution in [0.15, 0.2) is 9.59 Å². The molecule has 0 bridgehead atoms. The van der Waals surface area contributed by atoms with Crippen molar-refractivity contribution in [2.24, 2.45) is 14.1 Å². The fourth-order valence-corrected chi connectivity index (χ4v) is 2.22. The maximum Gasteiger partial charge on any atom is 0.332 e. The zero-order chi connectivity index (χ0) is 11.4. The SMILES string of the molecule is Cn1c2c(c(=O)n(C)c1=O)N(C1CC1)CN2. The molecule has 1 aliphatic heterocycles. The summed E-state index contributed by atoms with van der Waals surface area (Å²) in [6, 6.07) is 0.471. The van der Waals surface area contributed by atoms with Gasteiger partial charge in [0.25, 0.3) is 5.56 Å². The zero-order valence-corrected chi connectivity index (χ0v) is 9.36. The van der Waals surface area contributed by atoms with Gasteiger partial charge in [0.15, 0.2) is 0 Å². The van der Waals surface area contributed by atoms with E-state index in [0.29, 0.717) is 24.2 Å². The van der Waals surface area contributed by atoms with E-state index in [9.17, 15) is 9.59 Å². The lowest BCUT2D eigenvalue weighted by Crippen LogP contribution is -2.39. The van der Waals surface area contributed by atoms with Gasteiger partial charge in [-0.1, -0.05) is 0 Å². The molecule has 1 aromatic heterocycles. The second kappa shape index (κ2) is 2.90. The Kier molecular flexibility index (Phi) is 1.72. The van der Waals surface area contributed by atoms with E-state index in [2.05, 4.69) is 10.2 Å². The molecule has 0 unspecified atom stereocenters. The maximum absolute atomic E-state index is 12.0. The molecule has 0 saturated heterocycles. The van der Waals surface area contributed by atoms with Crippen molar-refractivity contribution < 1.29 is 0 Å². The summed E-state index contributed by atoms with van der Waals surface area (Å²) in [5.41, 5.74) is 0.163. The minimum atomic E-state index is -0.283. The highest BCUT2D eigenvalue weighted by Gasteiger charge is 2.36. The fourth-order valence-electron chi connectivity index (χ4n) is 2.22. The summed E-state index contributed by atoms with van der Waals surface area (Å²) in [4.78, 5) is 25.8. The molecular weight excluding hydrogens is 208 g/mol. The lowest BCUT2D eigenvalue weighted by Gasteiger charge is -2.16. The third-order valence-electron chi connectivity index (χ3n) is 3.33. The Hall–Kier alpha value is -1.72. The van der Waals surface area contributed by atoms with Crippen LogP contribution in [0.1, 0.15) is 12.8 Å². The Bertz CT molecular complexity index is 567. The summed E-state index contributed by atoms with van der Waals surface area (Å²) in [6.07, 6.45) is 2.26. The van der Waals surface area contributed by atoms with Gasteiger partial charge >= 0.3 is 5.69 Å². The van der Waals surface area contributed by atoms with Crippen molar-refractivity contribution in [3.63, 3.8) is 0 Å². The molecule has 1 aromatic rings. The molecule has 0 spiro atoms. The minimum Gasteiger partial charge on any atom is -0.352 e. The van der Waals surface area contributed by atoms with Crippen molar-refractivity contribution >= 4 is 11.5 Å². The Morgan fingerprint density at radius 1 is 1.19 bits per heavy atom. The molecule has 0 radical (unpaired) electrons. The van der Waals surface area contributed by atoms with E-state index in [1.807, 2.05) is 0 Å². The number of nitrogens with one attached hydrogen (secondary N) is 1. The van der Waals surface area contributed by atoms with Gasteiger partial charge in [0.2, 0.25) is 0 Å². The lowest BCUT2D eigenvalue weighted by atomic mass is 10.4. The number of nitrogens with zero attached hydrogens (tertiary/aromatic N) is 3. The molecule has 3 rings (SSSR count). The molecule has 86 valence electrons. The molecular formula is C10H14N4O2. The zero-order valence-electron chi connectivity index (χ0n) is 9.36. The highest BCUT2D eigenvalue weighted by molar-refractivity contribution is 5.71. The van der Waals surface area contributed by atoms with E-state index >= 15 is 0 Å². The van der Waals surface area contributed by atoms with Crippen LogP contribution < -0.4 is 21.5 Å². The van der Waals surface area contributed by atoms with Gasteiger partial charge in [-0.2, -0.15) is 0 Å². The van der Waals surface area contributed by atoms with Crippen molar-refractivity contribution in [3.8, 4) is 0 Å². The highest BCUT2D eigenvalue weighted by atomic mass is 16.2. The number of fused-ring (bicyclic) bond motifs is 1. The third-order valence-corrected chi connectivity index (χ3v) is 3.33. The smallest absolute Gasteiger partial charge is 0.332 e. The first-order valence-electron chi connectivity index (χ1n) is 5.42. The summed E-state index contributed by atoms with van der Waals surface area (Å²) in [6.45, 7) is 0.631. The minimum absolute atomic E-state index is 0.199. The molecule has 0 amide bonds. The highest BCUT2D eigenvalue weighted by Crippen LogP contribution is 2.36. The second-order valence-corrected chi connectivity index (χ2v) is 4.44. The van der Waals surface area contributed by atoms with Crippen LogP contribution in [0.2, 0.25) is 0 Å². The van der Waals surface area contributed by atoms with Crippen LogP contribution in [-0.4, -0.2) is 21.8 Å². The molecule has 1 N–H and O–H groups in total. The van der Waals surface area contributed by atoms with Gasteiger partial charge in [0.1, 0.15) is 11.5 Å². The first-order valence-corrected chi connectivity index (χ1v) is 5.42. The topological polar surface area (TPSA) is 59.3 Å². The van der Waals surface area contributed by atoms with Crippen LogP contribution in [0.5, 0.6) is 0 Å². The third kappa shape index (κ3) is 1.07. The van der Waals surface area contributed by atoms with Gasteiger partial charge in [-0.3, -0.25) is 13.9 Å². The van der Waals surface area contributed by atoms with Crippen LogP contribution in [0.3, 0.4) is 0 Å². The van der Waals surface area contributed by atoms with Crippen LogP contribution in [-0.2, 0) is 14.1 Å². The number of hydrogen-bond acceptors (Lipinski definition) is 4. The van der Waals surface area contributed by atoms with Gasteiger partial charge in [-0.15, -0.1) is 0 Å². The fraction of sp³-hybridized carbons (Fsp3) is 0.600. The lowest BCUT2D eigenvalue weighted by molar-refractivity contribution is 0.694. The van der Waals surface area contributed by atoms with Crippen LogP contribution in [0, 0.1) is 0 Å². The van der Waals surface area contributed by atoms with Crippen molar-refractivity contribution in [2.75, 3.05) is 16.9 Å². The second-order valence-electron chi connectivity index (χ2n) is 4.44. The van der Waals surface area contributed by atoms with E-state index < -0.39 is 0 Å². The Morgan fingerprint density at radius 2 is 1.88 bits per heavy atom. The number of hydrogen-bond donors (Lipinski definition) is 1. The largest absolute Gasteiger partial charge is 0.352 e. The molecule has 6 nitrogen and oxygen atoms in total. The van der Waals surface area contributed by atoms with E-state index in [0.717, 1.165) is 12.8 Å². The van der Waals surface area contributed by atoms with E-state index in [1.54, 1.807) is 7.05 Å². The predicted molar refractivity (Wildman–Crippen MR) is 60.9 cm³/mol. The average molecular weight is 222 g/mol. The Morgan fingerprint density at radius 3 is 2.50 bits per heavy atom. The summed E-state index contributed by atoms with van der Waals surface area (Å²) in [5, 5.41) is 3.12. The predicted octanol–water partition coefficient (Wildman–Crippen LogP) is -0.564. The first-order chi connectivity index (χ1) is 7.61. The van der Waals surface area contributed by atoms with Gasteiger partial charge < -0.3 is 10.2 Å². The Balaban J connectivity index is 2.29. The van der Waals surface area contributed by atoms with Crippen molar-refractivity contribution in [3.05, 3.63) is 20.8 Å². The molecule has 1 aliphatic carbocycles. The number of rotatable bonds is 1. The molecule has 0 atom stereocenters. The molecule has 2 heterocycles.